The molecule has 0 radical (unpaired) electrons. The molecular formula is C10H13BrClF3N2O. The van der Waals surface area contributed by atoms with Crippen LogP contribution in [0.25, 0.3) is 0 Å². The lowest BCUT2D eigenvalue weighted by atomic mass is 10.0. The Morgan fingerprint density at radius 3 is 2.39 bits per heavy atom. The Morgan fingerprint density at radius 1 is 1.28 bits per heavy atom. The number of hydrogen-bond acceptors (Lipinski definition) is 3. The Bertz CT molecular complexity index is 390. The van der Waals surface area contributed by atoms with Crippen LogP contribution in [0.1, 0.15) is 18.0 Å². The van der Waals surface area contributed by atoms with Crippen LogP contribution < -0.4 is 16.2 Å². The zero-order valence-corrected chi connectivity index (χ0v) is 11.6. The summed E-state index contributed by atoms with van der Waals surface area (Å²) in [4.78, 5) is 0. The van der Waals surface area contributed by atoms with Gasteiger partial charge in [0.05, 0.1) is 0 Å². The lowest BCUT2D eigenvalue weighted by Crippen LogP contribution is -2.18. The maximum Gasteiger partial charge on any atom is 0.573 e. The van der Waals surface area contributed by atoms with Gasteiger partial charge >= 0.3 is 6.36 Å². The van der Waals surface area contributed by atoms with Crippen LogP contribution >= 0.6 is 28.3 Å². The van der Waals surface area contributed by atoms with Gasteiger partial charge in [0.15, 0.2) is 0 Å². The Morgan fingerprint density at radius 2 is 1.89 bits per heavy atom. The molecule has 0 aliphatic carbocycles. The van der Waals surface area contributed by atoms with Crippen LogP contribution in [0.15, 0.2) is 22.7 Å². The first-order chi connectivity index (χ1) is 7.81. The number of rotatable bonds is 4. The van der Waals surface area contributed by atoms with Gasteiger partial charge in [0.25, 0.3) is 0 Å². The van der Waals surface area contributed by atoms with E-state index in [2.05, 4.69) is 20.7 Å². The highest BCUT2D eigenvalue weighted by Crippen LogP contribution is 2.29. The lowest BCUT2D eigenvalue weighted by molar-refractivity contribution is -0.274. The van der Waals surface area contributed by atoms with E-state index in [9.17, 15) is 13.2 Å². The molecule has 0 bridgehead atoms. The van der Waals surface area contributed by atoms with Gasteiger partial charge in [0.1, 0.15) is 5.75 Å². The molecule has 1 atom stereocenters. The molecule has 104 valence electrons. The molecular weight excluding hydrogens is 336 g/mol. The maximum absolute atomic E-state index is 12.1. The maximum atomic E-state index is 12.1. The van der Waals surface area contributed by atoms with Gasteiger partial charge in [-0.25, -0.2) is 0 Å². The molecule has 0 heterocycles. The molecule has 0 spiro atoms. The highest BCUT2D eigenvalue weighted by atomic mass is 79.9. The number of nitrogens with two attached hydrogens (primary N) is 2. The number of hydrogen-bond donors (Lipinski definition) is 2. The average molecular weight is 350 g/mol. The van der Waals surface area contributed by atoms with Gasteiger partial charge in [-0.2, -0.15) is 0 Å². The van der Waals surface area contributed by atoms with E-state index >= 15 is 0 Å². The molecule has 3 nitrogen and oxygen atoms in total. The molecule has 0 aromatic heterocycles. The first kappa shape index (κ1) is 17.5. The summed E-state index contributed by atoms with van der Waals surface area (Å²) in [7, 11) is 0. The summed E-state index contributed by atoms with van der Waals surface area (Å²) >= 11 is 3.11. The van der Waals surface area contributed by atoms with Crippen LogP contribution in [0.3, 0.4) is 0 Å². The molecule has 0 fully saturated rings. The van der Waals surface area contributed by atoms with Crippen molar-refractivity contribution in [2.45, 2.75) is 18.8 Å². The van der Waals surface area contributed by atoms with Gasteiger partial charge in [-0.05, 0) is 36.7 Å². The van der Waals surface area contributed by atoms with Crippen molar-refractivity contribution in [2.75, 3.05) is 6.54 Å². The summed E-state index contributed by atoms with van der Waals surface area (Å²) in [6.07, 6.45) is -4.22. The minimum absolute atomic E-state index is 0. The molecule has 1 aromatic carbocycles. The summed E-state index contributed by atoms with van der Waals surface area (Å²) < 4.78 is 40.5. The number of alkyl halides is 3. The fourth-order valence-corrected chi connectivity index (χ4v) is 1.83. The number of halogens is 5. The smallest absolute Gasteiger partial charge is 0.406 e. The SMILES string of the molecule is Cl.NCC[C@H](N)c1cc(Br)cc(OC(F)(F)F)c1. The minimum Gasteiger partial charge on any atom is -0.406 e. The van der Waals surface area contributed by atoms with E-state index in [4.69, 9.17) is 11.5 Å². The van der Waals surface area contributed by atoms with Crippen molar-refractivity contribution in [1.29, 1.82) is 0 Å². The molecule has 8 heteroatoms. The van der Waals surface area contributed by atoms with Gasteiger partial charge in [-0.3, -0.25) is 0 Å². The quantitative estimate of drug-likeness (QED) is 0.878. The molecule has 0 unspecified atom stereocenters. The first-order valence-electron chi connectivity index (χ1n) is 4.83. The fraction of sp³-hybridized carbons (Fsp3) is 0.400. The summed E-state index contributed by atoms with van der Waals surface area (Å²) in [5, 5.41) is 0. The summed E-state index contributed by atoms with van der Waals surface area (Å²) in [6, 6.07) is 3.72. The van der Waals surface area contributed by atoms with E-state index in [0.717, 1.165) is 0 Å². The molecule has 18 heavy (non-hydrogen) atoms. The topological polar surface area (TPSA) is 61.3 Å². The molecule has 0 aliphatic heterocycles. The lowest BCUT2D eigenvalue weighted by Gasteiger charge is -2.14. The summed E-state index contributed by atoms with van der Waals surface area (Å²) in [5.41, 5.74) is 11.7. The van der Waals surface area contributed by atoms with E-state index in [-0.39, 0.29) is 18.2 Å². The highest BCUT2D eigenvalue weighted by Gasteiger charge is 2.31. The van der Waals surface area contributed by atoms with Crippen molar-refractivity contribution in [2.24, 2.45) is 11.5 Å². The third-order valence-electron chi connectivity index (χ3n) is 2.03. The molecule has 0 saturated heterocycles. The first-order valence-corrected chi connectivity index (χ1v) is 5.63. The van der Waals surface area contributed by atoms with Crippen LogP contribution in [0.5, 0.6) is 5.75 Å². The Kier molecular flexibility index (Phi) is 6.98. The molecule has 1 aromatic rings. The van der Waals surface area contributed by atoms with E-state index in [0.29, 0.717) is 23.0 Å². The second-order valence-corrected chi connectivity index (χ2v) is 4.37. The minimum atomic E-state index is -4.71. The van der Waals surface area contributed by atoms with Crippen molar-refractivity contribution in [3.05, 3.63) is 28.2 Å². The van der Waals surface area contributed by atoms with Gasteiger partial charge in [0.2, 0.25) is 0 Å². The van der Waals surface area contributed by atoms with Crippen molar-refractivity contribution in [3.63, 3.8) is 0 Å². The standard InChI is InChI=1S/C10H12BrF3N2O.ClH/c11-7-3-6(9(16)1-2-15)4-8(5-7)17-10(12,13)14;/h3-5,9H,1-2,15-16H2;1H/t9-;/m0./s1. The van der Waals surface area contributed by atoms with E-state index < -0.39 is 12.4 Å². The Hall–Kier alpha value is -0.500. The zero-order chi connectivity index (χ0) is 13.1. The van der Waals surface area contributed by atoms with Gasteiger partial charge in [-0.15, -0.1) is 25.6 Å². The molecule has 1 rings (SSSR count). The van der Waals surface area contributed by atoms with Crippen LogP contribution in [-0.2, 0) is 0 Å². The van der Waals surface area contributed by atoms with Gasteiger partial charge in [-0.1, -0.05) is 15.9 Å². The summed E-state index contributed by atoms with van der Waals surface area (Å²) in [5.74, 6) is -0.297. The third kappa shape index (κ3) is 5.90. The van der Waals surface area contributed by atoms with Crippen molar-refractivity contribution in [1.82, 2.24) is 0 Å². The van der Waals surface area contributed by atoms with Crippen LogP contribution in [-0.4, -0.2) is 12.9 Å². The van der Waals surface area contributed by atoms with E-state index in [1.54, 1.807) is 6.07 Å². The van der Waals surface area contributed by atoms with Crippen LogP contribution in [0, 0.1) is 0 Å². The van der Waals surface area contributed by atoms with Crippen LogP contribution in [0.4, 0.5) is 13.2 Å². The Balaban J connectivity index is 0.00000289. The zero-order valence-electron chi connectivity index (χ0n) is 9.21. The molecule has 0 aliphatic rings. The monoisotopic (exact) mass is 348 g/mol. The second kappa shape index (κ2) is 7.18. The normalized spacial score (nSPS) is 12.8. The van der Waals surface area contributed by atoms with Crippen molar-refractivity contribution >= 4 is 28.3 Å². The molecule has 4 N–H and O–H groups in total. The number of benzene rings is 1. The predicted octanol–water partition coefficient (Wildman–Crippen LogP) is 3.12. The Labute approximate surface area is 117 Å². The van der Waals surface area contributed by atoms with E-state index in [1.807, 2.05) is 0 Å². The van der Waals surface area contributed by atoms with Crippen molar-refractivity contribution in [3.8, 4) is 5.75 Å². The predicted molar refractivity (Wildman–Crippen MR) is 68.7 cm³/mol. The molecule has 0 amide bonds. The fourth-order valence-electron chi connectivity index (χ4n) is 1.34. The highest BCUT2D eigenvalue weighted by molar-refractivity contribution is 9.10. The van der Waals surface area contributed by atoms with Crippen molar-refractivity contribution < 1.29 is 17.9 Å². The van der Waals surface area contributed by atoms with E-state index in [1.165, 1.54) is 12.1 Å². The van der Waals surface area contributed by atoms with Crippen LogP contribution in [0.2, 0.25) is 0 Å². The average Bonchev–Trinajstić information content (AvgIpc) is 2.14. The summed E-state index contributed by atoms with van der Waals surface area (Å²) in [6.45, 7) is 0.364. The van der Waals surface area contributed by atoms with Gasteiger partial charge < -0.3 is 16.2 Å². The molecule has 0 saturated carbocycles. The third-order valence-corrected chi connectivity index (χ3v) is 2.49. The largest absolute Gasteiger partial charge is 0.573 e. The van der Waals surface area contributed by atoms with Gasteiger partial charge in [0, 0.05) is 10.5 Å². The number of ether oxygens (including phenoxy) is 1. The second-order valence-electron chi connectivity index (χ2n) is 3.45.